The molecule has 0 bridgehead atoms. The molecule has 29 heavy (non-hydrogen) atoms. The summed E-state index contributed by atoms with van der Waals surface area (Å²) in [6.45, 7) is 0.624. The molecule has 0 atom stereocenters. The number of rotatable bonds is 3. The van der Waals surface area contributed by atoms with Crippen LogP contribution in [0.4, 0.5) is 11.4 Å². The first-order valence-electron chi connectivity index (χ1n) is 9.34. The van der Waals surface area contributed by atoms with Gasteiger partial charge in [0.15, 0.2) is 0 Å². The van der Waals surface area contributed by atoms with Crippen molar-refractivity contribution in [2.45, 2.75) is 12.8 Å². The van der Waals surface area contributed by atoms with E-state index < -0.39 is 5.91 Å². The molecule has 0 saturated heterocycles. The number of hydrogen-bond donors (Lipinski definition) is 1. The molecule has 0 saturated carbocycles. The summed E-state index contributed by atoms with van der Waals surface area (Å²) in [6, 6.07) is 21.3. The first-order valence-corrected chi connectivity index (χ1v) is 9.34. The van der Waals surface area contributed by atoms with E-state index in [2.05, 4.69) is 10.3 Å². The van der Waals surface area contributed by atoms with Crippen LogP contribution in [0.5, 0.6) is 0 Å². The van der Waals surface area contributed by atoms with E-state index >= 15 is 0 Å². The fraction of sp³-hybridized carbons (Fsp3) is 0.130. The number of nitrogens with zero attached hydrogens (tertiary/aromatic N) is 3. The molecule has 3 aromatic rings. The summed E-state index contributed by atoms with van der Waals surface area (Å²) in [4.78, 5) is 31.6. The molecule has 4 rings (SSSR count). The van der Waals surface area contributed by atoms with Crippen molar-refractivity contribution in [3.8, 4) is 6.07 Å². The van der Waals surface area contributed by atoms with Crippen molar-refractivity contribution in [3.05, 3.63) is 89.2 Å². The van der Waals surface area contributed by atoms with Crippen molar-refractivity contribution in [2.75, 3.05) is 16.8 Å². The zero-order valence-electron chi connectivity index (χ0n) is 15.6. The number of hydrogen-bond acceptors (Lipinski definition) is 4. The number of pyridine rings is 1. The maximum Gasteiger partial charge on any atom is 0.276 e. The number of aryl methyl sites for hydroxylation is 1. The van der Waals surface area contributed by atoms with Crippen LogP contribution in [-0.4, -0.2) is 23.3 Å². The van der Waals surface area contributed by atoms with E-state index in [0.29, 0.717) is 17.8 Å². The van der Waals surface area contributed by atoms with Gasteiger partial charge in [0.25, 0.3) is 11.8 Å². The van der Waals surface area contributed by atoms with Crippen LogP contribution in [0.3, 0.4) is 0 Å². The third kappa shape index (κ3) is 3.85. The predicted molar refractivity (Wildman–Crippen MR) is 110 cm³/mol. The summed E-state index contributed by atoms with van der Waals surface area (Å²) in [5.74, 6) is -0.631. The topological polar surface area (TPSA) is 86.1 Å². The van der Waals surface area contributed by atoms with Crippen LogP contribution in [0.25, 0.3) is 0 Å². The van der Waals surface area contributed by atoms with Crippen molar-refractivity contribution in [2.24, 2.45) is 0 Å². The van der Waals surface area contributed by atoms with E-state index in [-0.39, 0.29) is 17.3 Å². The van der Waals surface area contributed by atoms with Gasteiger partial charge < -0.3 is 10.2 Å². The second-order valence-electron chi connectivity index (χ2n) is 6.74. The third-order valence-corrected chi connectivity index (χ3v) is 4.83. The number of anilines is 2. The average molecular weight is 382 g/mol. The number of benzene rings is 2. The molecule has 0 aliphatic carbocycles. The molecule has 6 nitrogen and oxygen atoms in total. The summed E-state index contributed by atoms with van der Waals surface area (Å²) < 4.78 is 0. The Kier molecular flexibility index (Phi) is 5.04. The lowest BCUT2D eigenvalue weighted by Crippen LogP contribution is -2.36. The van der Waals surface area contributed by atoms with Gasteiger partial charge in [-0.25, -0.2) is 4.98 Å². The molecule has 1 aromatic heterocycles. The quantitative estimate of drug-likeness (QED) is 0.746. The molecule has 2 aromatic carbocycles. The monoisotopic (exact) mass is 382 g/mol. The van der Waals surface area contributed by atoms with Gasteiger partial charge in [-0.1, -0.05) is 24.3 Å². The number of nitrogens with one attached hydrogen (secondary N) is 1. The zero-order chi connectivity index (χ0) is 20.2. The molecular weight excluding hydrogens is 364 g/mol. The van der Waals surface area contributed by atoms with Crippen LogP contribution < -0.4 is 10.2 Å². The zero-order valence-corrected chi connectivity index (χ0v) is 15.6. The van der Waals surface area contributed by atoms with Crippen molar-refractivity contribution in [1.82, 2.24) is 4.98 Å². The van der Waals surface area contributed by atoms with E-state index in [1.807, 2.05) is 30.3 Å². The maximum atomic E-state index is 13.1. The first kappa shape index (κ1) is 18.4. The van der Waals surface area contributed by atoms with Crippen LogP contribution in [0.2, 0.25) is 0 Å². The van der Waals surface area contributed by atoms with Gasteiger partial charge in [0.05, 0.1) is 11.6 Å². The molecule has 2 amide bonds. The predicted octanol–water partition coefficient (Wildman–Crippen LogP) is 3.80. The smallest absolute Gasteiger partial charge is 0.276 e. The molecule has 6 heteroatoms. The van der Waals surface area contributed by atoms with E-state index in [1.165, 1.54) is 0 Å². The highest BCUT2D eigenvalue weighted by Crippen LogP contribution is 2.27. The van der Waals surface area contributed by atoms with Crippen molar-refractivity contribution >= 4 is 23.2 Å². The molecule has 0 radical (unpaired) electrons. The van der Waals surface area contributed by atoms with Gasteiger partial charge in [0.1, 0.15) is 11.4 Å². The molecule has 0 spiro atoms. The van der Waals surface area contributed by atoms with E-state index in [9.17, 15) is 9.59 Å². The number of carbonyl (C=O) groups excluding carboxylic acids is 2. The van der Waals surface area contributed by atoms with Crippen LogP contribution >= 0.6 is 0 Å². The van der Waals surface area contributed by atoms with Crippen LogP contribution in [0.1, 0.15) is 38.5 Å². The number of fused-ring (bicyclic) bond motifs is 1. The number of nitriles is 1. The summed E-state index contributed by atoms with van der Waals surface area (Å²) in [5, 5.41) is 11.6. The van der Waals surface area contributed by atoms with Crippen LogP contribution in [0, 0.1) is 11.3 Å². The summed E-state index contributed by atoms with van der Waals surface area (Å²) in [5.41, 5.74) is 3.49. The Morgan fingerprint density at radius 3 is 2.52 bits per heavy atom. The largest absolute Gasteiger partial charge is 0.321 e. The Bertz CT molecular complexity index is 1120. The summed E-state index contributed by atoms with van der Waals surface area (Å²) >= 11 is 0. The lowest BCUT2D eigenvalue weighted by Gasteiger charge is -2.29. The summed E-state index contributed by atoms with van der Waals surface area (Å²) in [6.07, 6.45) is 1.84. The van der Waals surface area contributed by atoms with E-state index in [1.54, 1.807) is 47.4 Å². The normalized spacial score (nSPS) is 12.6. The first-order chi connectivity index (χ1) is 14.2. The lowest BCUT2D eigenvalue weighted by atomic mass is 10.0. The SMILES string of the molecule is N#Cc1ccc(NC(=O)c2cccc(C(=O)N3CCCc4ccccc43)n2)cc1. The number of aromatic nitrogens is 1. The highest BCUT2D eigenvalue weighted by molar-refractivity contribution is 6.07. The van der Waals surface area contributed by atoms with Gasteiger partial charge in [-0.3, -0.25) is 9.59 Å². The van der Waals surface area contributed by atoms with Gasteiger partial charge in [-0.2, -0.15) is 5.26 Å². The third-order valence-electron chi connectivity index (χ3n) is 4.83. The fourth-order valence-corrected chi connectivity index (χ4v) is 3.39. The fourth-order valence-electron chi connectivity index (χ4n) is 3.39. The van der Waals surface area contributed by atoms with Gasteiger partial charge in [0, 0.05) is 17.9 Å². The van der Waals surface area contributed by atoms with Crippen LogP contribution in [0.15, 0.2) is 66.7 Å². The van der Waals surface area contributed by atoms with Crippen LogP contribution in [-0.2, 0) is 6.42 Å². The Morgan fingerprint density at radius 2 is 1.72 bits per heavy atom. The minimum absolute atomic E-state index is 0.158. The molecule has 1 aliphatic rings. The Labute approximate surface area is 168 Å². The van der Waals surface area contributed by atoms with Gasteiger partial charge >= 0.3 is 0 Å². The molecule has 0 unspecified atom stereocenters. The Hall–Kier alpha value is -3.98. The van der Waals surface area contributed by atoms with Gasteiger partial charge in [-0.05, 0) is 60.9 Å². The second kappa shape index (κ2) is 7.95. The molecular formula is C23H18N4O2. The average Bonchev–Trinajstić information content (AvgIpc) is 2.79. The minimum Gasteiger partial charge on any atom is -0.321 e. The van der Waals surface area contributed by atoms with Gasteiger partial charge in [-0.15, -0.1) is 0 Å². The van der Waals surface area contributed by atoms with Crippen molar-refractivity contribution < 1.29 is 9.59 Å². The van der Waals surface area contributed by atoms with Gasteiger partial charge in [0.2, 0.25) is 0 Å². The molecule has 0 fully saturated rings. The lowest BCUT2D eigenvalue weighted by molar-refractivity contribution is 0.0980. The number of carbonyl (C=O) groups is 2. The summed E-state index contributed by atoms with van der Waals surface area (Å²) in [7, 11) is 0. The number of para-hydroxylation sites is 1. The number of amides is 2. The van der Waals surface area contributed by atoms with Crippen molar-refractivity contribution in [3.63, 3.8) is 0 Å². The molecule has 2 heterocycles. The van der Waals surface area contributed by atoms with E-state index in [0.717, 1.165) is 24.1 Å². The molecule has 1 N–H and O–H groups in total. The minimum atomic E-state index is -0.414. The molecule has 142 valence electrons. The molecule has 1 aliphatic heterocycles. The maximum absolute atomic E-state index is 13.1. The van der Waals surface area contributed by atoms with Crippen molar-refractivity contribution in [1.29, 1.82) is 5.26 Å². The highest BCUT2D eigenvalue weighted by atomic mass is 16.2. The second-order valence-corrected chi connectivity index (χ2v) is 6.74. The Balaban J connectivity index is 1.55. The van der Waals surface area contributed by atoms with E-state index in [4.69, 9.17) is 5.26 Å². The standard InChI is InChI=1S/C23H18N4O2/c24-15-16-10-12-18(13-11-16)25-22(28)19-7-3-8-20(26-19)23(29)27-14-4-6-17-5-1-2-9-21(17)27/h1-3,5,7-13H,4,6,14H2,(H,25,28). The highest BCUT2D eigenvalue weighted by Gasteiger charge is 2.24. The Morgan fingerprint density at radius 1 is 0.966 bits per heavy atom.